The topological polar surface area (TPSA) is 93.2 Å². The highest BCUT2D eigenvalue weighted by Crippen LogP contribution is 2.30. The number of hydrogen-bond acceptors (Lipinski definition) is 4. The zero-order valence-corrected chi connectivity index (χ0v) is 16.2. The minimum absolute atomic E-state index is 0.133. The lowest BCUT2D eigenvalue weighted by Gasteiger charge is -2.11. The third-order valence-electron chi connectivity index (χ3n) is 5.30. The lowest BCUT2D eigenvalue weighted by Crippen LogP contribution is -2.20. The molecule has 0 radical (unpaired) electrons. The summed E-state index contributed by atoms with van der Waals surface area (Å²) in [7, 11) is 0. The van der Waals surface area contributed by atoms with Crippen LogP contribution in [0, 0.1) is 0 Å². The van der Waals surface area contributed by atoms with E-state index in [1.807, 2.05) is 10.6 Å². The molecular formula is C22H23N3O4. The van der Waals surface area contributed by atoms with E-state index in [-0.39, 0.29) is 24.2 Å². The number of aromatic nitrogens is 2. The predicted molar refractivity (Wildman–Crippen MR) is 110 cm³/mol. The van der Waals surface area contributed by atoms with Crippen molar-refractivity contribution in [3.05, 3.63) is 64.1 Å². The molecule has 0 unspecified atom stereocenters. The third kappa shape index (κ3) is 3.81. The monoisotopic (exact) mass is 393 g/mol. The Labute approximate surface area is 167 Å². The van der Waals surface area contributed by atoms with Crippen LogP contribution < -0.4 is 11.0 Å². The van der Waals surface area contributed by atoms with Gasteiger partial charge >= 0.3 is 11.7 Å². The van der Waals surface area contributed by atoms with Crippen molar-refractivity contribution in [2.24, 2.45) is 0 Å². The van der Waals surface area contributed by atoms with Crippen LogP contribution in [0.5, 0.6) is 0 Å². The number of H-pyrrole nitrogens is 1. The van der Waals surface area contributed by atoms with Crippen molar-refractivity contribution in [1.82, 2.24) is 9.55 Å². The first-order valence-electron chi connectivity index (χ1n) is 9.89. The molecule has 0 bridgehead atoms. The molecule has 2 aromatic carbocycles. The van der Waals surface area contributed by atoms with Crippen LogP contribution in [-0.2, 0) is 4.74 Å². The van der Waals surface area contributed by atoms with Crippen molar-refractivity contribution < 1.29 is 14.3 Å². The lowest BCUT2D eigenvalue weighted by atomic mass is 10.1. The number of nitrogens with one attached hydrogen (secondary N) is 2. The van der Waals surface area contributed by atoms with Crippen LogP contribution in [0.15, 0.2) is 47.3 Å². The van der Waals surface area contributed by atoms with Crippen molar-refractivity contribution in [2.75, 3.05) is 11.9 Å². The van der Waals surface area contributed by atoms with E-state index in [0.29, 0.717) is 22.3 Å². The number of benzene rings is 2. The van der Waals surface area contributed by atoms with Crippen molar-refractivity contribution in [3.63, 3.8) is 0 Å². The van der Waals surface area contributed by atoms with Gasteiger partial charge < -0.3 is 15.0 Å². The summed E-state index contributed by atoms with van der Waals surface area (Å²) in [6.45, 7) is 2.03. The van der Waals surface area contributed by atoms with E-state index in [4.69, 9.17) is 4.74 Å². The highest BCUT2D eigenvalue weighted by molar-refractivity contribution is 6.06. The number of rotatable bonds is 5. The molecule has 3 aromatic rings. The minimum Gasteiger partial charge on any atom is -0.462 e. The van der Waals surface area contributed by atoms with Crippen LogP contribution >= 0.6 is 0 Å². The second-order valence-electron chi connectivity index (χ2n) is 7.23. The maximum atomic E-state index is 12.7. The van der Waals surface area contributed by atoms with Gasteiger partial charge in [-0.15, -0.1) is 0 Å². The number of anilines is 1. The first-order valence-corrected chi connectivity index (χ1v) is 9.89. The van der Waals surface area contributed by atoms with Crippen LogP contribution in [0.1, 0.15) is 59.4 Å². The largest absolute Gasteiger partial charge is 0.462 e. The van der Waals surface area contributed by atoms with E-state index in [2.05, 4.69) is 10.3 Å². The fourth-order valence-electron chi connectivity index (χ4n) is 3.94. The number of carbonyl (C=O) groups excluding carboxylic acids is 2. The molecule has 29 heavy (non-hydrogen) atoms. The van der Waals surface area contributed by atoms with Crippen molar-refractivity contribution in [1.29, 1.82) is 0 Å². The molecule has 4 rings (SSSR count). The summed E-state index contributed by atoms with van der Waals surface area (Å²) >= 11 is 0. The molecule has 0 saturated heterocycles. The maximum absolute atomic E-state index is 12.7. The van der Waals surface area contributed by atoms with Crippen molar-refractivity contribution in [2.45, 2.75) is 38.6 Å². The number of amides is 1. The summed E-state index contributed by atoms with van der Waals surface area (Å²) in [5, 5.41) is 2.79. The Morgan fingerprint density at radius 3 is 2.69 bits per heavy atom. The molecule has 2 N–H and O–H groups in total. The van der Waals surface area contributed by atoms with Crippen LogP contribution in [-0.4, -0.2) is 28.0 Å². The molecule has 1 heterocycles. The van der Waals surface area contributed by atoms with E-state index < -0.39 is 5.97 Å². The average Bonchev–Trinajstić information content (AvgIpc) is 3.34. The fraction of sp³-hybridized carbons (Fsp3) is 0.318. The standard InChI is InChI=1S/C22H23N3O4/c1-2-29-21(27)15-6-5-7-16(12-15)23-20(26)14-10-11-19-18(13-14)24-22(28)25(19)17-8-3-4-9-17/h5-7,10-13,17H,2-4,8-9H2,1H3,(H,23,26)(H,24,28). The van der Waals surface area contributed by atoms with Gasteiger partial charge in [-0.1, -0.05) is 18.9 Å². The highest BCUT2D eigenvalue weighted by Gasteiger charge is 2.21. The molecule has 1 aromatic heterocycles. The average molecular weight is 393 g/mol. The lowest BCUT2D eigenvalue weighted by molar-refractivity contribution is 0.0526. The quantitative estimate of drug-likeness (QED) is 0.644. The zero-order chi connectivity index (χ0) is 20.4. The predicted octanol–water partition coefficient (Wildman–Crippen LogP) is 3.87. The molecule has 0 spiro atoms. The number of aromatic amines is 1. The molecule has 150 valence electrons. The van der Waals surface area contributed by atoms with E-state index in [1.165, 1.54) is 0 Å². The van der Waals surface area contributed by atoms with Gasteiger partial charge in [-0.3, -0.25) is 9.36 Å². The molecule has 1 aliphatic rings. The minimum atomic E-state index is -0.434. The van der Waals surface area contributed by atoms with E-state index in [1.54, 1.807) is 43.3 Å². The first kappa shape index (κ1) is 19.0. The maximum Gasteiger partial charge on any atom is 0.338 e. The first-order chi connectivity index (χ1) is 14.1. The van der Waals surface area contributed by atoms with Crippen LogP contribution in [0.2, 0.25) is 0 Å². The van der Waals surface area contributed by atoms with Gasteiger partial charge in [0.2, 0.25) is 0 Å². The molecule has 1 aliphatic carbocycles. The fourth-order valence-corrected chi connectivity index (χ4v) is 3.94. The van der Waals surface area contributed by atoms with Crippen LogP contribution in [0.3, 0.4) is 0 Å². The van der Waals surface area contributed by atoms with Gasteiger partial charge in [0.25, 0.3) is 5.91 Å². The summed E-state index contributed by atoms with van der Waals surface area (Å²) in [5.41, 5.74) is 2.64. The summed E-state index contributed by atoms with van der Waals surface area (Å²) in [6, 6.07) is 12.0. The van der Waals surface area contributed by atoms with Gasteiger partial charge in [0, 0.05) is 17.3 Å². The van der Waals surface area contributed by atoms with Gasteiger partial charge in [0.15, 0.2) is 0 Å². The summed E-state index contributed by atoms with van der Waals surface area (Å²) in [5.74, 6) is -0.752. The molecule has 0 aliphatic heterocycles. The van der Waals surface area contributed by atoms with Gasteiger partial charge in [-0.2, -0.15) is 0 Å². The number of hydrogen-bond donors (Lipinski definition) is 2. The molecule has 7 nitrogen and oxygen atoms in total. The zero-order valence-electron chi connectivity index (χ0n) is 16.2. The summed E-state index contributed by atoms with van der Waals surface area (Å²) < 4.78 is 6.80. The smallest absolute Gasteiger partial charge is 0.338 e. The Kier molecular flexibility index (Phi) is 5.20. The summed E-state index contributed by atoms with van der Waals surface area (Å²) in [6.07, 6.45) is 4.28. The Bertz CT molecular complexity index is 1120. The molecule has 1 saturated carbocycles. The Morgan fingerprint density at radius 1 is 1.14 bits per heavy atom. The number of nitrogens with zero attached hydrogens (tertiary/aromatic N) is 1. The molecule has 1 amide bonds. The number of ether oxygens (including phenoxy) is 1. The van der Waals surface area contributed by atoms with Crippen molar-refractivity contribution in [3.8, 4) is 0 Å². The number of fused-ring (bicyclic) bond motifs is 1. The van der Waals surface area contributed by atoms with E-state index in [0.717, 1.165) is 31.2 Å². The second kappa shape index (κ2) is 7.95. The van der Waals surface area contributed by atoms with Gasteiger partial charge in [-0.25, -0.2) is 9.59 Å². The second-order valence-corrected chi connectivity index (χ2v) is 7.23. The highest BCUT2D eigenvalue weighted by atomic mass is 16.5. The van der Waals surface area contributed by atoms with Gasteiger partial charge in [0.1, 0.15) is 0 Å². The third-order valence-corrected chi connectivity index (χ3v) is 5.30. The van der Waals surface area contributed by atoms with E-state index >= 15 is 0 Å². The van der Waals surface area contributed by atoms with Crippen LogP contribution in [0.25, 0.3) is 11.0 Å². The van der Waals surface area contributed by atoms with Crippen LogP contribution in [0.4, 0.5) is 5.69 Å². The number of imidazole rings is 1. The van der Waals surface area contributed by atoms with Crippen molar-refractivity contribution >= 4 is 28.6 Å². The SMILES string of the molecule is CCOC(=O)c1cccc(NC(=O)c2ccc3c(c2)[nH]c(=O)n3C2CCCC2)c1. The van der Waals surface area contributed by atoms with Gasteiger partial charge in [-0.05, 0) is 56.2 Å². The van der Waals surface area contributed by atoms with Gasteiger partial charge in [0.05, 0.1) is 23.2 Å². The van der Waals surface area contributed by atoms with E-state index in [9.17, 15) is 14.4 Å². The Hall–Kier alpha value is -3.35. The molecule has 0 atom stereocenters. The number of esters is 1. The molecular weight excluding hydrogens is 370 g/mol. The Balaban J connectivity index is 1.57. The molecule has 7 heteroatoms. The Morgan fingerprint density at radius 2 is 1.93 bits per heavy atom. The molecule has 1 fully saturated rings. The normalized spacial score (nSPS) is 14.2. The number of carbonyl (C=O) groups is 2. The summed E-state index contributed by atoms with van der Waals surface area (Å²) in [4.78, 5) is 39.8.